The molecule has 0 spiro atoms. The number of hydrogen-bond acceptors (Lipinski definition) is 1. The number of carbonyl (C=O) groups is 1. The number of Topliss-reactive ketones (excluding diaryl/α,β-unsaturated/α-hetero) is 1. The van der Waals surface area contributed by atoms with Crippen LogP contribution in [0.4, 0.5) is 0 Å². The highest BCUT2D eigenvalue weighted by atomic mass is 16.1. The lowest BCUT2D eigenvalue weighted by atomic mass is 9.75. The predicted molar refractivity (Wildman–Crippen MR) is 67.4 cm³/mol. The molecule has 1 nitrogen and oxygen atoms in total. The minimum absolute atomic E-state index is 0.475. The Morgan fingerprint density at radius 3 is 2.81 bits per heavy atom. The first-order chi connectivity index (χ1) is 7.79. The molecule has 1 heteroatoms. The summed E-state index contributed by atoms with van der Waals surface area (Å²) in [6.07, 6.45) is 12.1. The van der Waals surface area contributed by atoms with Crippen LogP contribution in [0.2, 0.25) is 0 Å². The lowest BCUT2D eigenvalue weighted by Gasteiger charge is -2.30. The molecular weight excluding hydrogens is 196 g/mol. The van der Waals surface area contributed by atoms with Crippen LogP contribution < -0.4 is 0 Å². The normalized spacial score (nSPS) is 25.8. The number of ketones is 1. The molecule has 0 amide bonds. The highest BCUT2D eigenvalue weighted by Gasteiger charge is 2.25. The third-order valence-electron chi connectivity index (χ3n) is 4.22. The number of rotatable bonds is 4. The van der Waals surface area contributed by atoms with Crippen LogP contribution in [0.15, 0.2) is 11.1 Å². The molecule has 0 aliphatic heterocycles. The first-order valence-electron chi connectivity index (χ1n) is 7.01. The largest absolute Gasteiger partial charge is 0.299 e. The highest BCUT2D eigenvalue weighted by molar-refractivity contribution is 5.82. The quantitative estimate of drug-likeness (QED) is 0.506. The fourth-order valence-electron chi connectivity index (χ4n) is 3.19. The maximum atomic E-state index is 11.4. The molecule has 0 fully saturated rings. The predicted octanol–water partition coefficient (Wildman–Crippen LogP) is 4.42. The van der Waals surface area contributed by atoms with Gasteiger partial charge >= 0.3 is 0 Å². The molecule has 0 heterocycles. The molecule has 0 bridgehead atoms. The van der Waals surface area contributed by atoms with Crippen molar-refractivity contribution in [2.75, 3.05) is 0 Å². The Labute approximate surface area is 99.3 Å². The second-order valence-corrected chi connectivity index (χ2v) is 5.53. The number of unbranched alkanes of at least 4 members (excludes halogenated alkanes) is 2. The third-order valence-corrected chi connectivity index (χ3v) is 4.22. The zero-order valence-corrected chi connectivity index (χ0v) is 10.6. The van der Waals surface area contributed by atoms with Crippen molar-refractivity contribution < 1.29 is 4.79 Å². The molecule has 0 aromatic rings. The van der Waals surface area contributed by atoms with E-state index in [9.17, 15) is 4.79 Å². The van der Waals surface area contributed by atoms with E-state index in [1.165, 1.54) is 50.5 Å². The molecule has 0 saturated heterocycles. The zero-order chi connectivity index (χ0) is 11.4. The summed E-state index contributed by atoms with van der Waals surface area (Å²) in [5, 5.41) is 0. The van der Waals surface area contributed by atoms with Crippen molar-refractivity contribution >= 4 is 5.78 Å². The number of carbonyl (C=O) groups excluding carboxylic acids is 1. The van der Waals surface area contributed by atoms with Gasteiger partial charge in [0.1, 0.15) is 5.78 Å². The standard InChI is InChI=1S/C15H24O/c1-2-3-4-5-12-6-7-14-11-15(16)9-8-13(14)10-12/h12H,2-11H2,1H3. The summed E-state index contributed by atoms with van der Waals surface area (Å²) in [6.45, 7) is 2.27. The Morgan fingerprint density at radius 2 is 2.00 bits per heavy atom. The number of allylic oxidation sites excluding steroid dienone is 2. The third kappa shape index (κ3) is 2.96. The van der Waals surface area contributed by atoms with E-state index in [0.29, 0.717) is 5.78 Å². The molecule has 0 aromatic heterocycles. The van der Waals surface area contributed by atoms with Crippen LogP contribution in [0.5, 0.6) is 0 Å². The molecule has 2 aliphatic rings. The van der Waals surface area contributed by atoms with Crippen molar-refractivity contribution in [1.29, 1.82) is 0 Å². The summed E-state index contributed by atoms with van der Waals surface area (Å²) in [5.41, 5.74) is 3.18. The monoisotopic (exact) mass is 220 g/mol. The zero-order valence-electron chi connectivity index (χ0n) is 10.6. The second-order valence-electron chi connectivity index (χ2n) is 5.53. The summed E-state index contributed by atoms with van der Waals surface area (Å²) < 4.78 is 0. The molecule has 1 unspecified atom stereocenters. The molecule has 90 valence electrons. The molecule has 2 rings (SSSR count). The van der Waals surface area contributed by atoms with Crippen molar-refractivity contribution in [3.05, 3.63) is 11.1 Å². The van der Waals surface area contributed by atoms with Crippen molar-refractivity contribution in [3.63, 3.8) is 0 Å². The van der Waals surface area contributed by atoms with Gasteiger partial charge in [-0.25, -0.2) is 0 Å². The van der Waals surface area contributed by atoms with Gasteiger partial charge in [0.05, 0.1) is 0 Å². The van der Waals surface area contributed by atoms with E-state index in [0.717, 1.165) is 25.2 Å². The minimum atomic E-state index is 0.475. The van der Waals surface area contributed by atoms with Gasteiger partial charge in [-0.1, -0.05) is 43.8 Å². The van der Waals surface area contributed by atoms with Gasteiger partial charge in [0.15, 0.2) is 0 Å². The van der Waals surface area contributed by atoms with Gasteiger partial charge in [0.2, 0.25) is 0 Å². The van der Waals surface area contributed by atoms with Crippen molar-refractivity contribution in [2.24, 2.45) is 5.92 Å². The molecule has 2 aliphatic carbocycles. The van der Waals surface area contributed by atoms with Crippen LogP contribution in [0, 0.1) is 5.92 Å². The van der Waals surface area contributed by atoms with Gasteiger partial charge < -0.3 is 0 Å². The molecule has 0 radical (unpaired) electrons. The maximum Gasteiger partial charge on any atom is 0.137 e. The van der Waals surface area contributed by atoms with Crippen LogP contribution in [-0.2, 0) is 4.79 Å². The van der Waals surface area contributed by atoms with Gasteiger partial charge in [-0.15, -0.1) is 0 Å². The van der Waals surface area contributed by atoms with Crippen molar-refractivity contribution in [1.82, 2.24) is 0 Å². The van der Waals surface area contributed by atoms with Crippen LogP contribution in [0.25, 0.3) is 0 Å². The second kappa shape index (κ2) is 5.65. The summed E-state index contributed by atoms with van der Waals surface area (Å²) in [5.74, 6) is 1.40. The van der Waals surface area contributed by atoms with E-state index in [1.54, 1.807) is 5.57 Å². The van der Waals surface area contributed by atoms with Crippen LogP contribution in [-0.4, -0.2) is 5.78 Å². The first kappa shape index (κ1) is 11.9. The SMILES string of the molecule is CCCCCC1CCC2=C(CCC(=O)C2)C1. The molecule has 0 saturated carbocycles. The smallest absolute Gasteiger partial charge is 0.137 e. The lowest BCUT2D eigenvalue weighted by Crippen LogP contribution is -2.17. The van der Waals surface area contributed by atoms with Gasteiger partial charge in [-0.2, -0.15) is 0 Å². The Balaban J connectivity index is 1.84. The topological polar surface area (TPSA) is 17.1 Å². The van der Waals surface area contributed by atoms with Gasteiger partial charge in [0, 0.05) is 12.8 Å². The maximum absolute atomic E-state index is 11.4. The average molecular weight is 220 g/mol. The van der Waals surface area contributed by atoms with E-state index < -0.39 is 0 Å². The molecule has 0 aromatic carbocycles. The van der Waals surface area contributed by atoms with Crippen molar-refractivity contribution in [2.45, 2.75) is 71.1 Å². The van der Waals surface area contributed by atoms with E-state index in [-0.39, 0.29) is 0 Å². The van der Waals surface area contributed by atoms with Gasteiger partial charge in [-0.3, -0.25) is 4.79 Å². The molecule has 0 N–H and O–H groups in total. The summed E-state index contributed by atoms with van der Waals surface area (Å²) in [4.78, 5) is 11.4. The van der Waals surface area contributed by atoms with Crippen LogP contribution in [0.1, 0.15) is 71.1 Å². The van der Waals surface area contributed by atoms with E-state index in [2.05, 4.69) is 6.92 Å². The van der Waals surface area contributed by atoms with Gasteiger partial charge in [0.25, 0.3) is 0 Å². The fraction of sp³-hybridized carbons (Fsp3) is 0.800. The lowest BCUT2D eigenvalue weighted by molar-refractivity contribution is -0.118. The summed E-state index contributed by atoms with van der Waals surface area (Å²) in [7, 11) is 0. The van der Waals surface area contributed by atoms with Gasteiger partial charge in [-0.05, 0) is 31.6 Å². The summed E-state index contributed by atoms with van der Waals surface area (Å²) in [6, 6.07) is 0. The van der Waals surface area contributed by atoms with Crippen LogP contribution in [0.3, 0.4) is 0 Å². The Bertz CT molecular complexity index is 288. The van der Waals surface area contributed by atoms with E-state index >= 15 is 0 Å². The molecule has 1 atom stereocenters. The fourth-order valence-corrected chi connectivity index (χ4v) is 3.19. The number of hydrogen-bond donors (Lipinski definition) is 0. The average Bonchev–Trinajstić information content (AvgIpc) is 2.29. The van der Waals surface area contributed by atoms with E-state index in [4.69, 9.17) is 0 Å². The molecular formula is C15H24O. The Kier molecular flexibility index (Phi) is 4.20. The Hall–Kier alpha value is -0.590. The summed E-state index contributed by atoms with van der Waals surface area (Å²) >= 11 is 0. The first-order valence-corrected chi connectivity index (χ1v) is 7.01. The van der Waals surface area contributed by atoms with Crippen molar-refractivity contribution in [3.8, 4) is 0 Å². The molecule has 16 heavy (non-hydrogen) atoms. The highest BCUT2D eigenvalue weighted by Crippen LogP contribution is 2.38. The van der Waals surface area contributed by atoms with E-state index in [1.807, 2.05) is 0 Å². The Morgan fingerprint density at radius 1 is 1.12 bits per heavy atom. The minimum Gasteiger partial charge on any atom is -0.299 e. The van der Waals surface area contributed by atoms with Crippen LogP contribution >= 0.6 is 0 Å².